The van der Waals surface area contributed by atoms with Crippen molar-refractivity contribution >= 4 is 11.9 Å². The van der Waals surface area contributed by atoms with Gasteiger partial charge < -0.3 is 10.0 Å². The second-order valence-electron chi connectivity index (χ2n) is 4.32. The number of aliphatic carboxylic acids is 1. The molecule has 1 N–H and O–H groups in total. The first-order chi connectivity index (χ1) is 7.54. The third-order valence-corrected chi connectivity index (χ3v) is 3.11. The highest BCUT2D eigenvalue weighted by atomic mass is 16.4. The molecule has 1 saturated heterocycles. The number of nitrogens with zero attached hydrogens (tertiary/aromatic N) is 2. The normalized spacial score (nSPS) is 21.8. The number of amides is 1. The molecule has 0 aromatic rings. The van der Waals surface area contributed by atoms with Crippen LogP contribution in [0.15, 0.2) is 0 Å². The molecule has 0 aromatic carbocycles. The summed E-state index contributed by atoms with van der Waals surface area (Å²) in [6, 6.07) is 0. The summed E-state index contributed by atoms with van der Waals surface area (Å²) < 4.78 is 0. The number of carboxylic acids is 1. The maximum atomic E-state index is 11.7. The fourth-order valence-corrected chi connectivity index (χ4v) is 1.89. The van der Waals surface area contributed by atoms with E-state index in [1.165, 1.54) is 0 Å². The van der Waals surface area contributed by atoms with Crippen molar-refractivity contribution in [2.75, 3.05) is 33.2 Å². The van der Waals surface area contributed by atoms with Gasteiger partial charge in [-0.05, 0) is 26.3 Å². The molecule has 1 amide bonds. The standard InChI is InChI=1S/C11H20N2O3/c1-3-12(2)10(14)8-13-6-4-5-9(7-13)11(15)16/h9H,3-8H2,1-2H3,(H,15,16). The van der Waals surface area contributed by atoms with E-state index in [1.807, 2.05) is 11.8 Å². The lowest BCUT2D eigenvalue weighted by Crippen LogP contribution is -2.44. The summed E-state index contributed by atoms with van der Waals surface area (Å²) in [5.41, 5.74) is 0. The fourth-order valence-electron chi connectivity index (χ4n) is 1.89. The lowest BCUT2D eigenvalue weighted by molar-refractivity contribution is -0.144. The Bertz CT molecular complexity index is 268. The first kappa shape index (κ1) is 13.0. The number of carbonyl (C=O) groups excluding carboxylic acids is 1. The highest BCUT2D eigenvalue weighted by Crippen LogP contribution is 2.16. The third kappa shape index (κ3) is 3.48. The number of likely N-dealkylation sites (tertiary alicyclic amines) is 1. The van der Waals surface area contributed by atoms with Crippen molar-refractivity contribution in [3.63, 3.8) is 0 Å². The van der Waals surface area contributed by atoms with Crippen LogP contribution >= 0.6 is 0 Å². The topological polar surface area (TPSA) is 60.9 Å². The number of hydrogen-bond acceptors (Lipinski definition) is 3. The molecule has 92 valence electrons. The van der Waals surface area contributed by atoms with Crippen molar-refractivity contribution in [3.05, 3.63) is 0 Å². The summed E-state index contributed by atoms with van der Waals surface area (Å²) in [5, 5.41) is 8.92. The second-order valence-corrected chi connectivity index (χ2v) is 4.32. The molecule has 1 atom stereocenters. The second kappa shape index (κ2) is 5.84. The number of piperidine rings is 1. The molecule has 0 aromatic heterocycles. The van der Waals surface area contributed by atoms with E-state index in [0.717, 1.165) is 19.4 Å². The van der Waals surface area contributed by atoms with Crippen LogP contribution in [0, 0.1) is 5.92 Å². The van der Waals surface area contributed by atoms with Gasteiger partial charge in [0.2, 0.25) is 5.91 Å². The molecule has 0 radical (unpaired) electrons. The molecule has 1 heterocycles. The van der Waals surface area contributed by atoms with E-state index in [0.29, 0.717) is 19.6 Å². The minimum atomic E-state index is -0.749. The van der Waals surface area contributed by atoms with Gasteiger partial charge in [-0.1, -0.05) is 0 Å². The minimum absolute atomic E-state index is 0.0635. The van der Waals surface area contributed by atoms with Crippen LogP contribution in [0.25, 0.3) is 0 Å². The van der Waals surface area contributed by atoms with E-state index in [2.05, 4.69) is 0 Å². The van der Waals surface area contributed by atoms with Gasteiger partial charge in [-0.15, -0.1) is 0 Å². The Morgan fingerprint density at radius 2 is 2.19 bits per heavy atom. The summed E-state index contributed by atoms with van der Waals surface area (Å²) in [6.07, 6.45) is 1.59. The van der Waals surface area contributed by atoms with Gasteiger partial charge >= 0.3 is 5.97 Å². The SMILES string of the molecule is CCN(C)C(=O)CN1CCCC(C(=O)O)C1. The fraction of sp³-hybridized carbons (Fsp3) is 0.818. The van der Waals surface area contributed by atoms with E-state index in [1.54, 1.807) is 11.9 Å². The predicted octanol–water partition coefficient (Wildman–Crippen LogP) is 0.261. The first-order valence-corrected chi connectivity index (χ1v) is 5.73. The van der Waals surface area contributed by atoms with Gasteiger partial charge in [0, 0.05) is 20.1 Å². The summed E-state index contributed by atoms with van der Waals surface area (Å²) in [4.78, 5) is 26.1. The van der Waals surface area contributed by atoms with Crippen LogP contribution < -0.4 is 0 Å². The molecule has 16 heavy (non-hydrogen) atoms. The Morgan fingerprint density at radius 3 is 2.75 bits per heavy atom. The summed E-state index contributed by atoms with van der Waals surface area (Å²) >= 11 is 0. The molecule has 0 saturated carbocycles. The predicted molar refractivity (Wildman–Crippen MR) is 60.1 cm³/mol. The zero-order valence-corrected chi connectivity index (χ0v) is 9.98. The van der Waals surface area contributed by atoms with Crippen LogP contribution in [0.1, 0.15) is 19.8 Å². The van der Waals surface area contributed by atoms with Crippen molar-refractivity contribution in [1.29, 1.82) is 0 Å². The van der Waals surface area contributed by atoms with Gasteiger partial charge in [-0.25, -0.2) is 0 Å². The molecule has 0 spiro atoms. The van der Waals surface area contributed by atoms with Crippen LogP contribution in [0.2, 0.25) is 0 Å². The summed E-state index contributed by atoms with van der Waals surface area (Å²) in [7, 11) is 1.76. The van der Waals surface area contributed by atoms with E-state index in [9.17, 15) is 9.59 Å². The van der Waals surface area contributed by atoms with Crippen molar-refractivity contribution in [3.8, 4) is 0 Å². The number of hydrogen-bond donors (Lipinski definition) is 1. The van der Waals surface area contributed by atoms with E-state index in [4.69, 9.17) is 5.11 Å². The van der Waals surface area contributed by atoms with E-state index >= 15 is 0 Å². The molecular weight excluding hydrogens is 208 g/mol. The quantitative estimate of drug-likeness (QED) is 0.750. The molecule has 1 rings (SSSR count). The molecule has 0 bridgehead atoms. The van der Waals surface area contributed by atoms with Crippen LogP contribution in [-0.4, -0.2) is 60.0 Å². The molecular formula is C11H20N2O3. The Hall–Kier alpha value is -1.10. The molecule has 1 aliphatic heterocycles. The van der Waals surface area contributed by atoms with Gasteiger partial charge in [0.1, 0.15) is 0 Å². The Morgan fingerprint density at radius 1 is 1.50 bits per heavy atom. The van der Waals surface area contributed by atoms with Crippen molar-refractivity contribution in [2.45, 2.75) is 19.8 Å². The smallest absolute Gasteiger partial charge is 0.307 e. The maximum absolute atomic E-state index is 11.7. The van der Waals surface area contributed by atoms with E-state index < -0.39 is 5.97 Å². The summed E-state index contributed by atoms with van der Waals surface area (Å²) in [6.45, 7) is 4.28. The van der Waals surface area contributed by atoms with Crippen LogP contribution in [-0.2, 0) is 9.59 Å². The highest BCUT2D eigenvalue weighted by molar-refractivity contribution is 5.78. The summed E-state index contributed by atoms with van der Waals surface area (Å²) in [5.74, 6) is -0.997. The van der Waals surface area contributed by atoms with Gasteiger partial charge in [0.15, 0.2) is 0 Å². The van der Waals surface area contributed by atoms with Crippen molar-refractivity contribution in [1.82, 2.24) is 9.80 Å². The van der Waals surface area contributed by atoms with Crippen LogP contribution in [0.5, 0.6) is 0 Å². The van der Waals surface area contributed by atoms with Crippen molar-refractivity contribution in [2.24, 2.45) is 5.92 Å². The number of carboxylic acid groups (broad SMARTS) is 1. The van der Waals surface area contributed by atoms with Crippen molar-refractivity contribution < 1.29 is 14.7 Å². The highest BCUT2D eigenvalue weighted by Gasteiger charge is 2.26. The Balaban J connectivity index is 2.43. The zero-order chi connectivity index (χ0) is 12.1. The first-order valence-electron chi connectivity index (χ1n) is 5.73. The van der Waals surface area contributed by atoms with Gasteiger partial charge in [0.05, 0.1) is 12.5 Å². The van der Waals surface area contributed by atoms with Gasteiger partial charge in [-0.2, -0.15) is 0 Å². The number of carbonyl (C=O) groups is 2. The number of rotatable bonds is 4. The average molecular weight is 228 g/mol. The minimum Gasteiger partial charge on any atom is -0.481 e. The van der Waals surface area contributed by atoms with Crippen LogP contribution in [0.4, 0.5) is 0 Å². The number of likely N-dealkylation sites (N-methyl/N-ethyl adjacent to an activating group) is 1. The van der Waals surface area contributed by atoms with E-state index in [-0.39, 0.29) is 11.8 Å². The maximum Gasteiger partial charge on any atom is 0.307 e. The Labute approximate surface area is 96.0 Å². The molecule has 1 fully saturated rings. The average Bonchev–Trinajstić information content (AvgIpc) is 2.28. The lowest BCUT2D eigenvalue weighted by atomic mass is 9.98. The van der Waals surface area contributed by atoms with Gasteiger partial charge in [-0.3, -0.25) is 14.5 Å². The zero-order valence-electron chi connectivity index (χ0n) is 9.98. The molecule has 5 heteroatoms. The van der Waals surface area contributed by atoms with Crippen LogP contribution in [0.3, 0.4) is 0 Å². The molecule has 0 aliphatic carbocycles. The molecule has 5 nitrogen and oxygen atoms in total. The third-order valence-electron chi connectivity index (χ3n) is 3.11. The lowest BCUT2D eigenvalue weighted by Gasteiger charge is -2.31. The molecule has 1 aliphatic rings. The monoisotopic (exact) mass is 228 g/mol. The van der Waals surface area contributed by atoms with Gasteiger partial charge in [0.25, 0.3) is 0 Å². The largest absolute Gasteiger partial charge is 0.481 e. The Kier molecular flexibility index (Phi) is 4.73. The molecule has 1 unspecified atom stereocenters.